The molecular formula is C26H27N5O5. The summed E-state index contributed by atoms with van der Waals surface area (Å²) in [6, 6.07) is 10.4. The molecule has 3 saturated heterocycles. The van der Waals surface area contributed by atoms with Gasteiger partial charge in [-0.2, -0.15) is 0 Å². The van der Waals surface area contributed by atoms with E-state index in [1.54, 1.807) is 18.2 Å². The van der Waals surface area contributed by atoms with Crippen molar-refractivity contribution >= 4 is 29.4 Å². The molecule has 5 heterocycles. The molecule has 0 spiro atoms. The van der Waals surface area contributed by atoms with Gasteiger partial charge in [0, 0.05) is 44.8 Å². The smallest absolute Gasteiger partial charge is 0.262 e. The molecule has 0 bridgehead atoms. The molecule has 1 atom stereocenters. The summed E-state index contributed by atoms with van der Waals surface area (Å²) < 4.78 is 6.12. The van der Waals surface area contributed by atoms with Gasteiger partial charge >= 0.3 is 0 Å². The summed E-state index contributed by atoms with van der Waals surface area (Å²) in [7, 11) is 0. The average Bonchev–Trinajstić information content (AvgIpc) is 3.11. The molecule has 1 aromatic carbocycles. The molecular weight excluding hydrogens is 462 g/mol. The number of anilines is 1. The minimum absolute atomic E-state index is 0.0234. The van der Waals surface area contributed by atoms with Gasteiger partial charge in [0.2, 0.25) is 11.8 Å². The maximum Gasteiger partial charge on any atom is 0.262 e. The molecule has 1 aromatic heterocycles. The molecule has 3 fully saturated rings. The summed E-state index contributed by atoms with van der Waals surface area (Å²) in [6.07, 6.45) is 4.24. The van der Waals surface area contributed by atoms with Gasteiger partial charge in [0.15, 0.2) is 0 Å². The second-order valence-corrected chi connectivity index (χ2v) is 9.75. The fraction of sp³-hybridized carbons (Fsp3) is 0.423. The third-order valence-corrected chi connectivity index (χ3v) is 7.54. The number of pyridine rings is 1. The van der Waals surface area contributed by atoms with Crippen LogP contribution in [0.25, 0.3) is 0 Å². The Labute approximate surface area is 208 Å². The Kier molecular flexibility index (Phi) is 5.67. The van der Waals surface area contributed by atoms with Crippen molar-refractivity contribution in [3.05, 3.63) is 53.7 Å². The summed E-state index contributed by atoms with van der Waals surface area (Å²) in [5, 5.41) is 2.21. The molecule has 36 heavy (non-hydrogen) atoms. The van der Waals surface area contributed by atoms with E-state index in [4.69, 9.17) is 4.74 Å². The zero-order valence-corrected chi connectivity index (χ0v) is 19.8. The van der Waals surface area contributed by atoms with Crippen LogP contribution in [-0.2, 0) is 9.59 Å². The Morgan fingerprint density at radius 3 is 2.42 bits per heavy atom. The number of carbonyl (C=O) groups is 4. The number of aromatic nitrogens is 1. The van der Waals surface area contributed by atoms with E-state index in [1.165, 1.54) is 0 Å². The highest BCUT2D eigenvalue weighted by atomic mass is 16.5. The molecule has 0 radical (unpaired) electrons. The molecule has 0 saturated carbocycles. The standard InChI is InChI=1S/C26H27N5O5/c32-23-7-6-21(24(33)28-23)31-25(34)19-5-4-17(13-20(19)26(31)35)36-18-14-30(15-18)16-8-11-29(12-9-16)22-3-1-2-10-27-22/h1-5,10,13,16,18,21H,6-9,11-12,14-15H2,(H,28,32,33). The number of likely N-dealkylation sites (tertiary alicyclic amines) is 1. The highest BCUT2D eigenvalue weighted by Gasteiger charge is 2.45. The van der Waals surface area contributed by atoms with Crippen molar-refractivity contribution in [3.63, 3.8) is 0 Å². The number of nitrogens with one attached hydrogen (secondary N) is 1. The first-order valence-electron chi connectivity index (χ1n) is 12.4. The van der Waals surface area contributed by atoms with E-state index in [1.807, 2.05) is 24.4 Å². The van der Waals surface area contributed by atoms with Gasteiger partial charge in [-0.15, -0.1) is 0 Å². The fourth-order valence-electron chi connectivity index (χ4n) is 5.56. The lowest BCUT2D eigenvalue weighted by molar-refractivity contribution is -0.136. The van der Waals surface area contributed by atoms with Crippen molar-refractivity contribution < 1.29 is 23.9 Å². The van der Waals surface area contributed by atoms with Gasteiger partial charge in [0.25, 0.3) is 11.8 Å². The Balaban J connectivity index is 1.04. The van der Waals surface area contributed by atoms with Gasteiger partial charge in [0.1, 0.15) is 23.7 Å². The lowest BCUT2D eigenvalue weighted by atomic mass is 9.98. The number of piperidine rings is 2. The third kappa shape index (κ3) is 4.01. The monoisotopic (exact) mass is 489 g/mol. The molecule has 186 valence electrons. The van der Waals surface area contributed by atoms with Crippen molar-refractivity contribution in [2.45, 2.75) is 43.9 Å². The highest BCUT2D eigenvalue weighted by Crippen LogP contribution is 2.32. The average molecular weight is 490 g/mol. The van der Waals surface area contributed by atoms with Gasteiger partial charge < -0.3 is 9.64 Å². The first kappa shape index (κ1) is 22.7. The first-order chi connectivity index (χ1) is 17.5. The quantitative estimate of drug-likeness (QED) is 0.624. The molecule has 1 N–H and O–H groups in total. The number of amides is 4. The van der Waals surface area contributed by atoms with Crippen molar-refractivity contribution in [2.75, 3.05) is 31.1 Å². The zero-order chi connectivity index (χ0) is 24.8. The van der Waals surface area contributed by atoms with Gasteiger partial charge in [-0.25, -0.2) is 4.98 Å². The first-order valence-corrected chi connectivity index (χ1v) is 12.4. The van der Waals surface area contributed by atoms with Crippen LogP contribution in [0.2, 0.25) is 0 Å². The van der Waals surface area contributed by atoms with Crippen LogP contribution in [0, 0.1) is 0 Å². The summed E-state index contributed by atoms with van der Waals surface area (Å²) >= 11 is 0. The van der Waals surface area contributed by atoms with E-state index in [9.17, 15) is 19.2 Å². The third-order valence-electron chi connectivity index (χ3n) is 7.54. The van der Waals surface area contributed by atoms with Gasteiger partial charge in [-0.3, -0.25) is 34.3 Å². The predicted molar refractivity (Wildman–Crippen MR) is 129 cm³/mol. The topological polar surface area (TPSA) is 112 Å². The number of ether oxygens (including phenoxy) is 1. The SMILES string of the molecule is O=C1CCC(N2C(=O)c3ccc(OC4CN(C5CCN(c6ccccn6)CC5)C4)cc3C2=O)C(=O)N1. The molecule has 4 aliphatic rings. The molecule has 4 amide bonds. The maximum absolute atomic E-state index is 13.0. The van der Waals surface area contributed by atoms with Crippen LogP contribution in [0.4, 0.5) is 5.82 Å². The summed E-state index contributed by atoms with van der Waals surface area (Å²) in [5.74, 6) is -0.474. The highest BCUT2D eigenvalue weighted by molar-refractivity contribution is 6.23. The second kappa shape index (κ2) is 9.02. The van der Waals surface area contributed by atoms with Crippen molar-refractivity contribution in [1.29, 1.82) is 0 Å². The van der Waals surface area contributed by atoms with Crippen LogP contribution in [0.15, 0.2) is 42.6 Å². The Bertz CT molecular complexity index is 1220. The Hall–Kier alpha value is -3.79. The van der Waals surface area contributed by atoms with E-state index in [0.29, 0.717) is 11.8 Å². The predicted octanol–water partition coefficient (Wildman–Crippen LogP) is 1.21. The number of rotatable bonds is 5. The van der Waals surface area contributed by atoms with E-state index in [2.05, 4.69) is 20.1 Å². The van der Waals surface area contributed by atoms with Gasteiger partial charge in [-0.1, -0.05) is 6.07 Å². The van der Waals surface area contributed by atoms with E-state index < -0.39 is 29.7 Å². The van der Waals surface area contributed by atoms with Crippen molar-refractivity contribution in [3.8, 4) is 5.75 Å². The Morgan fingerprint density at radius 2 is 1.69 bits per heavy atom. The molecule has 2 aromatic rings. The lowest BCUT2D eigenvalue weighted by Gasteiger charge is -2.46. The van der Waals surface area contributed by atoms with Crippen molar-refractivity contribution in [1.82, 2.24) is 20.1 Å². The van der Waals surface area contributed by atoms with Crippen LogP contribution in [0.1, 0.15) is 46.4 Å². The van der Waals surface area contributed by atoms with Crippen molar-refractivity contribution in [2.24, 2.45) is 0 Å². The lowest BCUT2D eigenvalue weighted by Crippen LogP contribution is -2.59. The van der Waals surface area contributed by atoms with Crippen LogP contribution < -0.4 is 15.0 Å². The van der Waals surface area contributed by atoms with Crippen LogP contribution in [0.5, 0.6) is 5.75 Å². The van der Waals surface area contributed by atoms with Gasteiger partial charge in [-0.05, 0) is 49.6 Å². The fourth-order valence-corrected chi connectivity index (χ4v) is 5.56. The minimum Gasteiger partial charge on any atom is -0.488 e. The van der Waals surface area contributed by atoms with Crippen LogP contribution in [-0.4, -0.2) is 82.8 Å². The van der Waals surface area contributed by atoms with E-state index in [-0.39, 0.29) is 30.1 Å². The second-order valence-electron chi connectivity index (χ2n) is 9.75. The molecule has 10 nitrogen and oxygen atoms in total. The Morgan fingerprint density at radius 1 is 0.917 bits per heavy atom. The summed E-state index contributed by atoms with van der Waals surface area (Å²) in [6.45, 7) is 3.60. The largest absolute Gasteiger partial charge is 0.488 e. The minimum atomic E-state index is -0.969. The number of hydrogen-bond donors (Lipinski definition) is 1. The number of hydrogen-bond acceptors (Lipinski definition) is 8. The number of carbonyl (C=O) groups excluding carboxylic acids is 4. The van der Waals surface area contributed by atoms with Crippen LogP contribution in [0.3, 0.4) is 0 Å². The number of benzene rings is 1. The van der Waals surface area contributed by atoms with E-state index >= 15 is 0 Å². The summed E-state index contributed by atoms with van der Waals surface area (Å²) in [5.41, 5.74) is 0.493. The zero-order valence-electron chi connectivity index (χ0n) is 19.8. The number of nitrogens with zero attached hydrogens (tertiary/aromatic N) is 4. The molecule has 4 aliphatic heterocycles. The van der Waals surface area contributed by atoms with E-state index in [0.717, 1.165) is 49.7 Å². The van der Waals surface area contributed by atoms with Gasteiger partial charge in [0.05, 0.1) is 11.1 Å². The number of fused-ring (bicyclic) bond motifs is 1. The molecule has 0 aliphatic carbocycles. The molecule has 1 unspecified atom stereocenters. The molecule has 6 rings (SSSR count). The normalized spacial score (nSPS) is 23.5. The summed E-state index contributed by atoms with van der Waals surface area (Å²) in [4.78, 5) is 59.7. The maximum atomic E-state index is 13.0. The molecule has 10 heteroatoms. The van der Waals surface area contributed by atoms with Crippen LogP contribution >= 0.6 is 0 Å². The number of imide groups is 2.